The third-order valence-electron chi connectivity index (χ3n) is 3.65. The van der Waals surface area contributed by atoms with Crippen LogP contribution in [-0.4, -0.2) is 32.2 Å². The molecular formula is C18H23ClN2O2. The van der Waals surface area contributed by atoms with Gasteiger partial charge in [-0.05, 0) is 17.2 Å². The summed E-state index contributed by atoms with van der Waals surface area (Å²) in [5, 5.41) is 0.585. The lowest BCUT2D eigenvalue weighted by Gasteiger charge is -2.23. The van der Waals surface area contributed by atoms with Crippen LogP contribution in [0.3, 0.4) is 0 Å². The second kappa shape index (κ2) is 8.77. The summed E-state index contributed by atoms with van der Waals surface area (Å²) in [4.78, 5) is 2.27. The van der Waals surface area contributed by atoms with Gasteiger partial charge in [0.15, 0.2) is 11.5 Å². The van der Waals surface area contributed by atoms with E-state index in [0.717, 1.165) is 18.7 Å². The first-order valence-corrected chi connectivity index (χ1v) is 7.93. The third kappa shape index (κ3) is 4.61. The van der Waals surface area contributed by atoms with E-state index in [1.807, 2.05) is 30.3 Å². The van der Waals surface area contributed by atoms with E-state index in [2.05, 4.69) is 17.0 Å². The standard InChI is InChI=1S/C18H23ClN2O2/c1-22-16-9-8-15(17(19)18(16)23-2)13-21(11-10-20)12-14-6-4-3-5-7-14/h3-9H,10-13,20H2,1-2H3. The van der Waals surface area contributed by atoms with Gasteiger partial charge in [0.1, 0.15) is 0 Å². The molecule has 0 aliphatic heterocycles. The molecule has 2 rings (SSSR count). The first-order valence-electron chi connectivity index (χ1n) is 7.55. The fourth-order valence-electron chi connectivity index (χ4n) is 2.53. The second-order valence-corrected chi connectivity index (χ2v) is 5.64. The number of ether oxygens (including phenoxy) is 2. The molecule has 4 nitrogen and oxygen atoms in total. The number of methoxy groups -OCH3 is 2. The number of benzene rings is 2. The van der Waals surface area contributed by atoms with E-state index in [0.29, 0.717) is 29.6 Å². The van der Waals surface area contributed by atoms with Crippen molar-refractivity contribution in [3.63, 3.8) is 0 Å². The Kier molecular flexibility index (Phi) is 6.71. The fourth-order valence-corrected chi connectivity index (χ4v) is 2.82. The van der Waals surface area contributed by atoms with Crippen LogP contribution in [0.5, 0.6) is 11.5 Å². The predicted molar refractivity (Wildman–Crippen MR) is 94.2 cm³/mol. The minimum Gasteiger partial charge on any atom is -0.493 e. The second-order valence-electron chi connectivity index (χ2n) is 5.26. The zero-order chi connectivity index (χ0) is 16.7. The molecule has 0 amide bonds. The average Bonchev–Trinajstić information content (AvgIpc) is 2.57. The fraction of sp³-hybridized carbons (Fsp3) is 0.333. The largest absolute Gasteiger partial charge is 0.493 e. The van der Waals surface area contributed by atoms with Crippen LogP contribution in [0.2, 0.25) is 5.02 Å². The number of nitrogens with zero attached hydrogens (tertiary/aromatic N) is 1. The Bertz CT molecular complexity index is 620. The van der Waals surface area contributed by atoms with Gasteiger partial charge >= 0.3 is 0 Å². The van der Waals surface area contributed by atoms with Gasteiger partial charge in [-0.15, -0.1) is 0 Å². The average molecular weight is 335 g/mol. The van der Waals surface area contributed by atoms with Crippen LogP contribution in [0.25, 0.3) is 0 Å². The van der Waals surface area contributed by atoms with E-state index in [1.54, 1.807) is 14.2 Å². The highest BCUT2D eigenvalue weighted by atomic mass is 35.5. The summed E-state index contributed by atoms with van der Waals surface area (Å²) in [6, 6.07) is 14.2. The van der Waals surface area contributed by atoms with Crippen molar-refractivity contribution in [1.29, 1.82) is 0 Å². The number of rotatable bonds is 8. The van der Waals surface area contributed by atoms with Gasteiger partial charge in [-0.3, -0.25) is 4.90 Å². The number of hydrogen-bond donors (Lipinski definition) is 1. The van der Waals surface area contributed by atoms with Crippen LogP contribution in [0.1, 0.15) is 11.1 Å². The van der Waals surface area contributed by atoms with Crippen molar-refractivity contribution < 1.29 is 9.47 Å². The van der Waals surface area contributed by atoms with Gasteiger partial charge in [-0.1, -0.05) is 48.0 Å². The van der Waals surface area contributed by atoms with Crippen LogP contribution in [0, 0.1) is 0 Å². The number of hydrogen-bond acceptors (Lipinski definition) is 4. The first-order chi connectivity index (χ1) is 11.2. The minimum atomic E-state index is 0.569. The topological polar surface area (TPSA) is 47.7 Å². The molecule has 23 heavy (non-hydrogen) atoms. The maximum absolute atomic E-state index is 6.48. The van der Waals surface area contributed by atoms with E-state index in [4.69, 9.17) is 26.8 Å². The summed E-state index contributed by atoms with van der Waals surface area (Å²) in [5.74, 6) is 1.20. The Hall–Kier alpha value is -1.75. The Morgan fingerprint density at radius 2 is 1.74 bits per heavy atom. The molecule has 0 aromatic heterocycles. The van der Waals surface area contributed by atoms with Crippen molar-refractivity contribution in [2.45, 2.75) is 13.1 Å². The highest BCUT2D eigenvalue weighted by Crippen LogP contribution is 2.37. The van der Waals surface area contributed by atoms with Crippen LogP contribution in [0.4, 0.5) is 0 Å². The summed E-state index contributed by atoms with van der Waals surface area (Å²) in [7, 11) is 3.19. The molecule has 0 bridgehead atoms. The molecule has 0 unspecified atom stereocenters. The van der Waals surface area contributed by atoms with Crippen molar-refractivity contribution in [3.8, 4) is 11.5 Å². The molecule has 5 heteroatoms. The number of halogens is 1. The highest BCUT2D eigenvalue weighted by molar-refractivity contribution is 6.33. The van der Waals surface area contributed by atoms with Gasteiger partial charge < -0.3 is 15.2 Å². The molecule has 0 saturated heterocycles. The molecule has 0 aliphatic rings. The smallest absolute Gasteiger partial charge is 0.179 e. The summed E-state index contributed by atoms with van der Waals surface area (Å²) in [5.41, 5.74) is 8.00. The van der Waals surface area contributed by atoms with Gasteiger partial charge in [0.25, 0.3) is 0 Å². The molecule has 2 aromatic carbocycles. The van der Waals surface area contributed by atoms with Crippen LogP contribution < -0.4 is 15.2 Å². The van der Waals surface area contributed by atoms with Gasteiger partial charge in [-0.2, -0.15) is 0 Å². The van der Waals surface area contributed by atoms with Crippen LogP contribution >= 0.6 is 11.6 Å². The lowest BCUT2D eigenvalue weighted by atomic mass is 10.1. The van der Waals surface area contributed by atoms with Gasteiger partial charge in [0.2, 0.25) is 0 Å². The van der Waals surface area contributed by atoms with E-state index < -0.39 is 0 Å². The molecule has 0 aliphatic carbocycles. The lowest BCUT2D eigenvalue weighted by Crippen LogP contribution is -2.28. The summed E-state index contributed by atoms with van der Waals surface area (Å²) < 4.78 is 10.6. The zero-order valence-electron chi connectivity index (χ0n) is 13.6. The van der Waals surface area contributed by atoms with Gasteiger partial charge in [-0.25, -0.2) is 0 Å². The van der Waals surface area contributed by atoms with E-state index in [1.165, 1.54) is 5.56 Å². The SMILES string of the molecule is COc1ccc(CN(CCN)Cc2ccccc2)c(Cl)c1OC. The Labute approximate surface area is 142 Å². The minimum absolute atomic E-state index is 0.569. The van der Waals surface area contributed by atoms with Crippen molar-refractivity contribution in [2.24, 2.45) is 5.73 Å². The predicted octanol–water partition coefficient (Wildman–Crippen LogP) is 3.32. The summed E-state index contributed by atoms with van der Waals surface area (Å²) >= 11 is 6.48. The van der Waals surface area contributed by atoms with E-state index in [-0.39, 0.29) is 0 Å². The molecule has 0 heterocycles. The highest BCUT2D eigenvalue weighted by Gasteiger charge is 2.15. The van der Waals surface area contributed by atoms with Crippen molar-refractivity contribution in [1.82, 2.24) is 4.90 Å². The Morgan fingerprint density at radius 3 is 2.35 bits per heavy atom. The van der Waals surface area contributed by atoms with Gasteiger partial charge in [0.05, 0.1) is 19.2 Å². The molecule has 2 aromatic rings. The molecule has 2 N–H and O–H groups in total. The van der Waals surface area contributed by atoms with Crippen LogP contribution in [-0.2, 0) is 13.1 Å². The molecule has 0 spiro atoms. The molecule has 0 fully saturated rings. The molecule has 124 valence electrons. The Morgan fingerprint density at radius 1 is 1.00 bits per heavy atom. The normalized spacial score (nSPS) is 10.8. The van der Waals surface area contributed by atoms with Crippen LogP contribution in [0.15, 0.2) is 42.5 Å². The molecule has 0 atom stereocenters. The van der Waals surface area contributed by atoms with Crippen molar-refractivity contribution in [2.75, 3.05) is 27.3 Å². The number of nitrogens with two attached hydrogens (primary N) is 1. The lowest BCUT2D eigenvalue weighted by molar-refractivity contribution is 0.263. The summed E-state index contributed by atoms with van der Waals surface area (Å²) in [6.07, 6.45) is 0. The monoisotopic (exact) mass is 334 g/mol. The van der Waals surface area contributed by atoms with E-state index >= 15 is 0 Å². The Balaban J connectivity index is 2.19. The third-order valence-corrected chi connectivity index (χ3v) is 4.07. The molecule has 0 saturated carbocycles. The maximum atomic E-state index is 6.48. The molecular weight excluding hydrogens is 312 g/mol. The van der Waals surface area contributed by atoms with Gasteiger partial charge in [0, 0.05) is 26.2 Å². The van der Waals surface area contributed by atoms with Crippen molar-refractivity contribution >= 4 is 11.6 Å². The summed E-state index contributed by atoms with van der Waals surface area (Å²) in [6.45, 7) is 2.91. The zero-order valence-corrected chi connectivity index (χ0v) is 14.3. The first kappa shape index (κ1) is 17.6. The van der Waals surface area contributed by atoms with E-state index in [9.17, 15) is 0 Å². The maximum Gasteiger partial charge on any atom is 0.179 e. The molecule has 0 radical (unpaired) electrons. The van der Waals surface area contributed by atoms with Crippen molar-refractivity contribution in [3.05, 3.63) is 58.6 Å². The quantitative estimate of drug-likeness (QED) is 0.804.